The summed E-state index contributed by atoms with van der Waals surface area (Å²) in [7, 11) is 0. The molecule has 2 unspecified atom stereocenters. The van der Waals surface area contributed by atoms with Crippen LogP contribution in [0.4, 0.5) is 4.79 Å². The highest BCUT2D eigenvalue weighted by atomic mass is 16.4. The number of nitrogens with zero attached hydrogens (tertiary/aromatic N) is 1. The molecule has 0 aliphatic carbocycles. The summed E-state index contributed by atoms with van der Waals surface area (Å²) in [5.41, 5.74) is 0. The van der Waals surface area contributed by atoms with Crippen molar-refractivity contribution in [1.82, 2.24) is 10.2 Å². The lowest BCUT2D eigenvalue weighted by Gasteiger charge is -2.29. The Morgan fingerprint density at radius 3 is 2.58 bits per heavy atom. The second-order valence-electron chi connectivity index (χ2n) is 5.86. The largest absolute Gasteiger partial charge is 0.480 e. The van der Waals surface area contributed by atoms with E-state index >= 15 is 0 Å². The fraction of sp³-hybridized carbons (Fsp3) is 0.857. The average Bonchev–Trinajstić information content (AvgIpc) is 2.52. The smallest absolute Gasteiger partial charge is 0.326 e. The van der Waals surface area contributed by atoms with Gasteiger partial charge in [-0.25, -0.2) is 9.59 Å². The summed E-state index contributed by atoms with van der Waals surface area (Å²) in [5, 5.41) is 11.8. The third kappa shape index (κ3) is 5.09. The maximum absolute atomic E-state index is 12.2. The Labute approximate surface area is 115 Å². The minimum Gasteiger partial charge on any atom is -0.480 e. The number of amides is 2. The Balaban J connectivity index is 2.61. The van der Waals surface area contributed by atoms with Crippen LogP contribution in [0.5, 0.6) is 0 Å². The van der Waals surface area contributed by atoms with E-state index in [0.29, 0.717) is 6.42 Å². The Bertz CT molecular complexity index is 318. The molecule has 2 atom stereocenters. The molecule has 0 bridgehead atoms. The van der Waals surface area contributed by atoms with Gasteiger partial charge in [0.15, 0.2) is 0 Å². The molecule has 5 nitrogen and oxygen atoms in total. The first kappa shape index (κ1) is 15.8. The van der Waals surface area contributed by atoms with Gasteiger partial charge in [0.2, 0.25) is 0 Å². The molecule has 0 aromatic carbocycles. The number of hydrogen-bond acceptors (Lipinski definition) is 2. The number of likely N-dealkylation sites (tertiary alicyclic amines) is 1. The van der Waals surface area contributed by atoms with E-state index in [1.165, 1.54) is 0 Å². The first-order valence-electron chi connectivity index (χ1n) is 7.21. The van der Waals surface area contributed by atoms with Crippen LogP contribution in [-0.4, -0.2) is 40.6 Å². The fourth-order valence-corrected chi connectivity index (χ4v) is 2.50. The van der Waals surface area contributed by atoms with Gasteiger partial charge >= 0.3 is 12.0 Å². The van der Waals surface area contributed by atoms with Crippen molar-refractivity contribution in [2.45, 2.75) is 65.0 Å². The van der Waals surface area contributed by atoms with Gasteiger partial charge in [-0.3, -0.25) is 0 Å². The maximum Gasteiger partial charge on any atom is 0.326 e. The molecule has 0 aromatic rings. The van der Waals surface area contributed by atoms with E-state index in [9.17, 15) is 9.59 Å². The molecule has 0 saturated carbocycles. The van der Waals surface area contributed by atoms with Crippen LogP contribution >= 0.6 is 0 Å². The monoisotopic (exact) mass is 270 g/mol. The number of carboxylic acid groups (broad SMARTS) is 1. The van der Waals surface area contributed by atoms with Crippen LogP contribution in [0.2, 0.25) is 0 Å². The topological polar surface area (TPSA) is 69.6 Å². The van der Waals surface area contributed by atoms with Crippen molar-refractivity contribution >= 4 is 12.0 Å². The third-order valence-electron chi connectivity index (χ3n) is 3.62. The van der Waals surface area contributed by atoms with Crippen molar-refractivity contribution < 1.29 is 14.7 Å². The number of carbonyl (C=O) groups is 2. The molecule has 5 heteroatoms. The summed E-state index contributed by atoms with van der Waals surface area (Å²) in [4.78, 5) is 25.2. The first-order chi connectivity index (χ1) is 8.91. The normalized spacial score (nSPS) is 21.9. The minimum atomic E-state index is -0.954. The molecule has 1 aliphatic heterocycles. The van der Waals surface area contributed by atoms with E-state index in [4.69, 9.17) is 5.11 Å². The van der Waals surface area contributed by atoms with Crippen LogP contribution in [-0.2, 0) is 4.79 Å². The molecule has 0 aromatic heterocycles. The summed E-state index contributed by atoms with van der Waals surface area (Å²) in [6, 6.07) is -0.832. The molecule has 2 amide bonds. The number of carbonyl (C=O) groups excluding carboxylic acids is 1. The predicted octanol–water partition coefficient (Wildman–Crippen LogP) is 2.46. The molecular weight excluding hydrogens is 244 g/mol. The highest BCUT2D eigenvalue weighted by Gasteiger charge is 2.27. The zero-order chi connectivity index (χ0) is 14.4. The lowest BCUT2D eigenvalue weighted by atomic mass is 10.0. The predicted molar refractivity (Wildman–Crippen MR) is 74.0 cm³/mol. The number of rotatable bonds is 4. The van der Waals surface area contributed by atoms with Crippen LogP contribution in [0.1, 0.15) is 52.9 Å². The molecule has 1 fully saturated rings. The quantitative estimate of drug-likeness (QED) is 0.824. The van der Waals surface area contributed by atoms with Crippen molar-refractivity contribution in [3.63, 3.8) is 0 Å². The number of nitrogens with one attached hydrogen (secondary N) is 1. The standard InChI is InChI=1S/C14H26N2O3/c1-10(2)9-12(13(17)18)15-14(19)16-8-6-4-5-7-11(16)3/h10-12H,4-9H2,1-3H3,(H,15,19)(H,17,18). The molecular formula is C14H26N2O3. The minimum absolute atomic E-state index is 0.191. The highest BCUT2D eigenvalue weighted by molar-refractivity contribution is 5.82. The van der Waals surface area contributed by atoms with Crippen molar-refractivity contribution in [2.24, 2.45) is 5.92 Å². The lowest BCUT2D eigenvalue weighted by molar-refractivity contribution is -0.139. The van der Waals surface area contributed by atoms with Crippen LogP contribution in [0.3, 0.4) is 0 Å². The molecule has 1 rings (SSSR count). The summed E-state index contributed by atoms with van der Waals surface area (Å²) in [5.74, 6) is -0.715. The number of urea groups is 1. The maximum atomic E-state index is 12.2. The summed E-state index contributed by atoms with van der Waals surface area (Å²) in [6.07, 6.45) is 4.74. The van der Waals surface area contributed by atoms with Gasteiger partial charge in [0, 0.05) is 12.6 Å². The zero-order valence-corrected chi connectivity index (χ0v) is 12.2. The van der Waals surface area contributed by atoms with Gasteiger partial charge in [-0.15, -0.1) is 0 Å². The van der Waals surface area contributed by atoms with E-state index in [-0.39, 0.29) is 18.0 Å². The molecule has 1 heterocycles. The van der Waals surface area contributed by atoms with Gasteiger partial charge in [0.05, 0.1) is 0 Å². The first-order valence-corrected chi connectivity index (χ1v) is 7.21. The number of carboxylic acids is 1. The Kier molecular flexibility index (Phi) is 6.12. The van der Waals surface area contributed by atoms with E-state index in [2.05, 4.69) is 5.32 Å². The number of aliphatic carboxylic acids is 1. The van der Waals surface area contributed by atoms with Gasteiger partial charge in [0.25, 0.3) is 0 Å². The molecule has 0 spiro atoms. The van der Waals surface area contributed by atoms with Gasteiger partial charge in [-0.05, 0) is 32.1 Å². The second kappa shape index (κ2) is 7.36. The van der Waals surface area contributed by atoms with Crippen LogP contribution in [0.15, 0.2) is 0 Å². The van der Waals surface area contributed by atoms with E-state index in [0.717, 1.165) is 32.2 Å². The molecule has 0 radical (unpaired) electrons. The van der Waals surface area contributed by atoms with Gasteiger partial charge in [-0.2, -0.15) is 0 Å². The zero-order valence-electron chi connectivity index (χ0n) is 12.2. The Hall–Kier alpha value is -1.26. The second-order valence-corrected chi connectivity index (χ2v) is 5.86. The Morgan fingerprint density at radius 1 is 1.32 bits per heavy atom. The lowest BCUT2D eigenvalue weighted by Crippen LogP contribution is -2.51. The Morgan fingerprint density at radius 2 is 2.00 bits per heavy atom. The summed E-state index contributed by atoms with van der Waals surface area (Å²) < 4.78 is 0. The molecule has 1 saturated heterocycles. The van der Waals surface area contributed by atoms with Crippen LogP contribution < -0.4 is 5.32 Å². The summed E-state index contributed by atoms with van der Waals surface area (Å²) >= 11 is 0. The van der Waals surface area contributed by atoms with Crippen molar-refractivity contribution in [2.75, 3.05) is 6.54 Å². The third-order valence-corrected chi connectivity index (χ3v) is 3.62. The molecule has 19 heavy (non-hydrogen) atoms. The van der Waals surface area contributed by atoms with Crippen LogP contribution in [0, 0.1) is 5.92 Å². The molecule has 1 aliphatic rings. The van der Waals surface area contributed by atoms with E-state index in [1.807, 2.05) is 20.8 Å². The van der Waals surface area contributed by atoms with Crippen LogP contribution in [0.25, 0.3) is 0 Å². The SMILES string of the molecule is CC(C)CC(NC(=O)N1CCCCCC1C)C(=O)O. The molecule has 110 valence electrons. The summed E-state index contributed by atoms with van der Waals surface area (Å²) in [6.45, 7) is 6.66. The highest BCUT2D eigenvalue weighted by Crippen LogP contribution is 2.16. The van der Waals surface area contributed by atoms with Gasteiger partial charge in [-0.1, -0.05) is 26.7 Å². The fourth-order valence-electron chi connectivity index (χ4n) is 2.50. The number of hydrogen-bond donors (Lipinski definition) is 2. The van der Waals surface area contributed by atoms with Crippen molar-refractivity contribution in [1.29, 1.82) is 0 Å². The van der Waals surface area contributed by atoms with Gasteiger partial charge in [0.1, 0.15) is 6.04 Å². The van der Waals surface area contributed by atoms with E-state index in [1.54, 1.807) is 4.90 Å². The van der Waals surface area contributed by atoms with Crippen molar-refractivity contribution in [3.8, 4) is 0 Å². The van der Waals surface area contributed by atoms with Gasteiger partial charge < -0.3 is 15.3 Å². The van der Waals surface area contributed by atoms with E-state index < -0.39 is 12.0 Å². The molecule has 2 N–H and O–H groups in total. The average molecular weight is 270 g/mol. The van der Waals surface area contributed by atoms with Crippen molar-refractivity contribution in [3.05, 3.63) is 0 Å².